The topological polar surface area (TPSA) is 46.2 Å². The van der Waals surface area contributed by atoms with E-state index in [0.717, 1.165) is 9.13 Å². The van der Waals surface area contributed by atoms with Gasteiger partial charge in [0.15, 0.2) is 0 Å². The van der Waals surface area contributed by atoms with Crippen molar-refractivity contribution in [3.05, 3.63) is 57.7 Å². The van der Waals surface area contributed by atoms with Crippen LogP contribution in [0, 0.1) is 10.5 Å². The molecular weight excluding hydrogens is 361 g/mol. The minimum absolute atomic E-state index is 0.279. The summed E-state index contributed by atoms with van der Waals surface area (Å²) >= 11 is 2.13. The van der Waals surface area contributed by atoms with Crippen LogP contribution in [0.4, 0.5) is 5.69 Å². The maximum atomic E-state index is 12.2. The Morgan fingerprint density at radius 3 is 2.33 bits per heavy atom. The first kappa shape index (κ1) is 13.4. The van der Waals surface area contributed by atoms with Gasteiger partial charge in [0.2, 0.25) is 0 Å². The molecule has 18 heavy (non-hydrogen) atoms. The lowest BCUT2D eigenvalue weighted by Crippen LogP contribution is -2.13. The molecule has 0 heterocycles. The van der Waals surface area contributed by atoms with Crippen molar-refractivity contribution in [2.75, 3.05) is 4.72 Å². The molecule has 2 aromatic rings. The maximum absolute atomic E-state index is 12.2. The largest absolute Gasteiger partial charge is 0.280 e. The summed E-state index contributed by atoms with van der Waals surface area (Å²) < 4.78 is 27.8. The van der Waals surface area contributed by atoms with Crippen LogP contribution < -0.4 is 4.72 Å². The van der Waals surface area contributed by atoms with Crippen LogP contribution in [0.5, 0.6) is 0 Å². The SMILES string of the molecule is Cc1ccc(S(=O)(=O)Nc2ccccc2)cc1I. The molecule has 2 aromatic carbocycles. The van der Waals surface area contributed by atoms with Gasteiger partial charge in [-0.3, -0.25) is 4.72 Å². The lowest BCUT2D eigenvalue weighted by atomic mass is 10.2. The maximum Gasteiger partial charge on any atom is 0.261 e. The van der Waals surface area contributed by atoms with Gasteiger partial charge in [-0.15, -0.1) is 0 Å². The molecular formula is C13H12INO2S. The van der Waals surface area contributed by atoms with Crippen molar-refractivity contribution >= 4 is 38.3 Å². The molecule has 3 nitrogen and oxygen atoms in total. The first-order valence-electron chi connectivity index (χ1n) is 5.33. The molecule has 0 aliphatic carbocycles. The number of nitrogens with one attached hydrogen (secondary N) is 1. The number of halogens is 1. The van der Waals surface area contributed by atoms with Gasteiger partial charge in [-0.1, -0.05) is 24.3 Å². The van der Waals surface area contributed by atoms with Gasteiger partial charge in [-0.25, -0.2) is 8.42 Å². The zero-order valence-electron chi connectivity index (χ0n) is 9.72. The van der Waals surface area contributed by atoms with Gasteiger partial charge in [-0.2, -0.15) is 0 Å². The molecule has 0 amide bonds. The highest BCUT2D eigenvalue weighted by molar-refractivity contribution is 14.1. The number of aryl methyl sites for hydroxylation is 1. The van der Waals surface area contributed by atoms with E-state index in [4.69, 9.17) is 0 Å². The van der Waals surface area contributed by atoms with E-state index in [-0.39, 0.29) is 4.90 Å². The quantitative estimate of drug-likeness (QED) is 0.839. The van der Waals surface area contributed by atoms with E-state index in [0.29, 0.717) is 5.69 Å². The van der Waals surface area contributed by atoms with Gasteiger partial charge in [0, 0.05) is 9.26 Å². The van der Waals surface area contributed by atoms with Crippen molar-refractivity contribution in [2.24, 2.45) is 0 Å². The van der Waals surface area contributed by atoms with E-state index in [1.807, 2.05) is 13.0 Å². The Hall–Kier alpha value is -1.08. The molecule has 0 bridgehead atoms. The number of rotatable bonds is 3. The zero-order valence-corrected chi connectivity index (χ0v) is 12.7. The lowest BCUT2D eigenvalue weighted by molar-refractivity contribution is 0.601. The van der Waals surface area contributed by atoms with E-state index in [2.05, 4.69) is 27.3 Å². The number of benzene rings is 2. The molecule has 0 radical (unpaired) electrons. The molecule has 0 fully saturated rings. The van der Waals surface area contributed by atoms with E-state index in [1.54, 1.807) is 42.5 Å². The Bertz CT molecular complexity index is 654. The Morgan fingerprint density at radius 1 is 1.06 bits per heavy atom. The van der Waals surface area contributed by atoms with Gasteiger partial charge in [0.05, 0.1) is 4.90 Å². The van der Waals surface area contributed by atoms with Gasteiger partial charge in [0.25, 0.3) is 10.0 Å². The average molecular weight is 373 g/mol. The standard InChI is InChI=1S/C13H12INO2S/c1-10-7-8-12(9-13(10)14)18(16,17)15-11-5-3-2-4-6-11/h2-9,15H,1H3. The Labute approximate surface area is 120 Å². The van der Waals surface area contributed by atoms with Gasteiger partial charge in [-0.05, 0) is 59.3 Å². The lowest BCUT2D eigenvalue weighted by Gasteiger charge is -2.09. The first-order chi connectivity index (χ1) is 8.49. The fraction of sp³-hybridized carbons (Fsp3) is 0.0769. The Morgan fingerprint density at radius 2 is 1.72 bits per heavy atom. The summed E-state index contributed by atoms with van der Waals surface area (Å²) in [5, 5.41) is 0. The average Bonchev–Trinajstić information content (AvgIpc) is 2.33. The zero-order chi connectivity index (χ0) is 13.2. The molecule has 0 spiro atoms. The predicted octanol–water partition coefficient (Wildman–Crippen LogP) is 3.40. The number of hydrogen-bond acceptors (Lipinski definition) is 2. The van der Waals surface area contributed by atoms with Crippen LogP contribution in [-0.4, -0.2) is 8.42 Å². The van der Waals surface area contributed by atoms with Crippen LogP contribution in [0.2, 0.25) is 0 Å². The number of sulfonamides is 1. The third kappa shape index (κ3) is 3.02. The highest BCUT2D eigenvalue weighted by atomic mass is 127. The predicted molar refractivity (Wildman–Crippen MR) is 81.1 cm³/mol. The van der Waals surface area contributed by atoms with Crippen molar-refractivity contribution < 1.29 is 8.42 Å². The fourth-order valence-electron chi connectivity index (χ4n) is 1.46. The summed E-state index contributed by atoms with van der Waals surface area (Å²) in [7, 11) is -3.51. The van der Waals surface area contributed by atoms with Crippen LogP contribution in [0.15, 0.2) is 53.4 Å². The molecule has 1 N–H and O–H groups in total. The van der Waals surface area contributed by atoms with E-state index >= 15 is 0 Å². The summed E-state index contributed by atoms with van der Waals surface area (Å²) in [4.78, 5) is 0.279. The summed E-state index contributed by atoms with van der Waals surface area (Å²) in [5.74, 6) is 0. The van der Waals surface area contributed by atoms with Crippen LogP contribution in [0.3, 0.4) is 0 Å². The minimum atomic E-state index is -3.51. The fourth-order valence-corrected chi connectivity index (χ4v) is 3.27. The van der Waals surface area contributed by atoms with Gasteiger partial charge >= 0.3 is 0 Å². The van der Waals surface area contributed by atoms with Crippen molar-refractivity contribution in [2.45, 2.75) is 11.8 Å². The minimum Gasteiger partial charge on any atom is -0.280 e. The number of hydrogen-bond donors (Lipinski definition) is 1. The second kappa shape index (κ2) is 5.27. The van der Waals surface area contributed by atoms with Crippen LogP contribution >= 0.6 is 22.6 Å². The molecule has 0 unspecified atom stereocenters. The molecule has 5 heteroatoms. The molecule has 0 aliphatic heterocycles. The number of para-hydroxylation sites is 1. The molecule has 0 aromatic heterocycles. The second-order valence-electron chi connectivity index (χ2n) is 3.88. The molecule has 0 aliphatic rings. The second-order valence-corrected chi connectivity index (χ2v) is 6.73. The van der Waals surface area contributed by atoms with Gasteiger partial charge < -0.3 is 0 Å². The molecule has 94 valence electrons. The third-order valence-electron chi connectivity index (χ3n) is 2.48. The Balaban J connectivity index is 2.34. The highest BCUT2D eigenvalue weighted by Crippen LogP contribution is 2.20. The van der Waals surface area contributed by atoms with Crippen LogP contribution in [0.1, 0.15) is 5.56 Å². The van der Waals surface area contributed by atoms with Crippen LogP contribution in [-0.2, 0) is 10.0 Å². The summed E-state index contributed by atoms with van der Waals surface area (Å²) in [6, 6.07) is 13.9. The molecule has 0 saturated heterocycles. The monoisotopic (exact) mass is 373 g/mol. The third-order valence-corrected chi connectivity index (χ3v) is 5.02. The normalized spacial score (nSPS) is 11.2. The molecule has 2 rings (SSSR count). The van der Waals surface area contributed by atoms with Crippen molar-refractivity contribution in [1.29, 1.82) is 0 Å². The highest BCUT2D eigenvalue weighted by Gasteiger charge is 2.14. The number of anilines is 1. The van der Waals surface area contributed by atoms with Crippen LogP contribution in [0.25, 0.3) is 0 Å². The van der Waals surface area contributed by atoms with E-state index < -0.39 is 10.0 Å². The first-order valence-corrected chi connectivity index (χ1v) is 7.89. The summed E-state index contributed by atoms with van der Waals surface area (Å²) in [6.07, 6.45) is 0. The smallest absolute Gasteiger partial charge is 0.261 e. The van der Waals surface area contributed by atoms with E-state index in [9.17, 15) is 8.42 Å². The molecule has 0 atom stereocenters. The van der Waals surface area contributed by atoms with Crippen molar-refractivity contribution in [1.82, 2.24) is 0 Å². The van der Waals surface area contributed by atoms with Crippen molar-refractivity contribution in [3.8, 4) is 0 Å². The van der Waals surface area contributed by atoms with Gasteiger partial charge in [0.1, 0.15) is 0 Å². The Kier molecular flexibility index (Phi) is 3.91. The molecule has 0 saturated carbocycles. The van der Waals surface area contributed by atoms with Crippen molar-refractivity contribution in [3.63, 3.8) is 0 Å². The summed E-state index contributed by atoms with van der Waals surface area (Å²) in [5.41, 5.74) is 1.63. The van der Waals surface area contributed by atoms with E-state index in [1.165, 1.54) is 0 Å². The summed E-state index contributed by atoms with van der Waals surface area (Å²) in [6.45, 7) is 1.95.